The summed E-state index contributed by atoms with van der Waals surface area (Å²) in [6.07, 6.45) is 4.86. The Morgan fingerprint density at radius 3 is 2.83 bits per heavy atom. The average Bonchev–Trinajstić information content (AvgIpc) is 3.48. The first-order chi connectivity index (χ1) is 14.6. The van der Waals surface area contributed by atoms with Gasteiger partial charge >= 0.3 is 6.09 Å². The molecule has 3 aromatic rings. The van der Waals surface area contributed by atoms with Crippen molar-refractivity contribution < 1.29 is 14.3 Å². The van der Waals surface area contributed by atoms with Gasteiger partial charge in [-0.2, -0.15) is 5.10 Å². The first-order valence-electron chi connectivity index (χ1n) is 9.69. The van der Waals surface area contributed by atoms with Crippen molar-refractivity contribution in [1.29, 1.82) is 0 Å². The molecule has 0 spiro atoms. The third kappa shape index (κ3) is 4.60. The van der Waals surface area contributed by atoms with Gasteiger partial charge in [0.05, 0.1) is 17.1 Å². The number of para-hydroxylation sites is 1. The molecule has 1 atom stereocenters. The average molecular weight is 423 g/mol. The van der Waals surface area contributed by atoms with Crippen LogP contribution in [0.4, 0.5) is 4.79 Å². The van der Waals surface area contributed by atoms with E-state index in [1.165, 1.54) is 6.08 Å². The van der Waals surface area contributed by atoms with Crippen molar-refractivity contribution in [3.05, 3.63) is 65.7 Å². The third-order valence-electron chi connectivity index (χ3n) is 4.66. The van der Waals surface area contributed by atoms with Crippen LogP contribution in [-0.4, -0.2) is 52.4 Å². The second-order valence-corrected chi connectivity index (χ2v) is 7.94. The van der Waals surface area contributed by atoms with Crippen LogP contribution in [0.1, 0.15) is 12.5 Å². The monoisotopic (exact) mass is 422 g/mol. The van der Waals surface area contributed by atoms with Crippen LogP contribution in [-0.2, 0) is 9.53 Å². The predicted octanol–water partition coefficient (Wildman–Crippen LogP) is 3.57. The van der Waals surface area contributed by atoms with Gasteiger partial charge in [-0.15, -0.1) is 11.3 Å². The van der Waals surface area contributed by atoms with Gasteiger partial charge in [0.15, 0.2) is 0 Å². The lowest BCUT2D eigenvalue weighted by Crippen LogP contribution is -2.41. The van der Waals surface area contributed by atoms with E-state index in [-0.39, 0.29) is 18.0 Å². The summed E-state index contributed by atoms with van der Waals surface area (Å²) in [6.45, 7) is 3.24. The maximum absolute atomic E-state index is 12.4. The number of carbonyl (C=O) groups excluding carboxylic acids is 2. The largest absolute Gasteiger partial charge is 0.448 e. The van der Waals surface area contributed by atoms with Crippen LogP contribution in [0.2, 0.25) is 0 Å². The number of ether oxygens (including phenoxy) is 1. The molecule has 30 heavy (non-hydrogen) atoms. The van der Waals surface area contributed by atoms with Crippen LogP contribution in [0.3, 0.4) is 0 Å². The van der Waals surface area contributed by atoms with Crippen molar-refractivity contribution in [1.82, 2.24) is 20.0 Å². The minimum Gasteiger partial charge on any atom is -0.448 e. The van der Waals surface area contributed by atoms with E-state index in [1.54, 1.807) is 22.3 Å². The van der Waals surface area contributed by atoms with Gasteiger partial charge in [-0.3, -0.25) is 4.79 Å². The Hall–Kier alpha value is -3.39. The number of carbonyl (C=O) groups is 2. The lowest BCUT2D eigenvalue weighted by Gasteiger charge is -2.18. The van der Waals surface area contributed by atoms with Crippen molar-refractivity contribution >= 4 is 29.4 Å². The second-order valence-electron chi connectivity index (χ2n) is 6.99. The summed E-state index contributed by atoms with van der Waals surface area (Å²) in [6, 6.07) is 13.7. The number of rotatable bonds is 7. The molecule has 1 aliphatic heterocycles. The van der Waals surface area contributed by atoms with Gasteiger partial charge in [-0.05, 0) is 36.6 Å². The maximum Gasteiger partial charge on any atom is 0.410 e. The fourth-order valence-corrected chi connectivity index (χ4v) is 3.98. The summed E-state index contributed by atoms with van der Waals surface area (Å²) in [4.78, 5) is 26.6. The Morgan fingerprint density at radius 2 is 2.13 bits per heavy atom. The summed E-state index contributed by atoms with van der Waals surface area (Å²) in [5.41, 5.74) is 2.63. The molecular weight excluding hydrogens is 400 g/mol. The number of nitrogens with one attached hydrogen (secondary N) is 1. The van der Waals surface area contributed by atoms with E-state index in [0.29, 0.717) is 19.7 Å². The van der Waals surface area contributed by atoms with E-state index in [1.807, 2.05) is 65.6 Å². The SMILES string of the molecule is CC(CN1CCOC1=O)NC(=O)C=Cc1cn(-c2ccccc2)nc1-c1cccs1. The molecule has 0 saturated carbocycles. The maximum atomic E-state index is 12.4. The van der Waals surface area contributed by atoms with E-state index >= 15 is 0 Å². The molecule has 2 amide bonds. The molecule has 1 unspecified atom stereocenters. The van der Waals surface area contributed by atoms with Crippen LogP contribution in [0.5, 0.6) is 0 Å². The lowest BCUT2D eigenvalue weighted by molar-refractivity contribution is -0.117. The highest BCUT2D eigenvalue weighted by atomic mass is 32.1. The molecule has 1 N–H and O–H groups in total. The molecule has 1 saturated heterocycles. The zero-order valence-electron chi connectivity index (χ0n) is 16.5. The Labute approximate surface area is 178 Å². The fraction of sp³-hybridized carbons (Fsp3) is 0.227. The Kier molecular flexibility index (Phi) is 5.94. The number of aromatic nitrogens is 2. The van der Waals surface area contributed by atoms with Crippen molar-refractivity contribution in [2.45, 2.75) is 13.0 Å². The highest BCUT2D eigenvalue weighted by molar-refractivity contribution is 7.13. The Morgan fingerprint density at radius 1 is 1.30 bits per heavy atom. The minimum atomic E-state index is -0.333. The topological polar surface area (TPSA) is 76.5 Å². The van der Waals surface area contributed by atoms with Crippen LogP contribution < -0.4 is 5.32 Å². The molecular formula is C22H22N4O3S. The zero-order valence-corrected chi connectivity index (χ0v) is 17.3. The molecule has 154 valence electrons. The number of thiophene rings is 1. The zero-order chi connectivity index (χ0) is 20.9. The minimum absolute atomic E-state index is 0.184. The van der Waals surface area contributed by atoms with Gasteiger partial charge in [0.2, 0.25) is 5.91 Å². The molecule has 7 nitrogen and oxygen atoms in total. The van der Waals surface area contributed by atoms with Crippen molar-refractivity contribution in [2.75, 3.05) is 19.7 Å². The summed E-state index contributed by atoms with van der Waals surface area (Å²) in [5, 5.41) is 9.62. The highest BCUT2D eigenvalue weighted by Crippen LogP contribution is 2.28. The van der Waals surface area contributed by atoms with Crippen molar-refractivity contribution in [3.63, 3.8) is 0 Å². The molecule has 0 radical (unpaired) electrons. The van der Waals surface area contributed by atoms with Gasteiger partial charge < -0.3 is 15.0 Å². The smallest absolute Gasteiger partial charge is 0.410 e. The van der Waals surface area contributed by atoms with Gasteiger partial charge in [-0.25, -0.2) is 9.48 Å². The number of cyclic esters (lactones) is 1. The molecule has 2 aromatic heterocycles. The molecule has 8 heteroatoms. The summed E-state index contributed by atoms with van der Waals surface area (Å²) < 4.78 is 6.73. The van der Waals surface area contributed by atoms with E-state index < -0.39 is 0 Å². The molecule has 1 aliphatic rings. The highest BCUT2D eigenvalue weighted by Gasteiger charge is 2.23. The Bertz CT molecular complexity index is 1040. The fourth-order valence-electron chi connectivity index (χ4n) is 3.25. The Balaban J connectivity index is 1.48. The predicted molar refractivity (Wildman–Crippen MR) is 116 cm³/mol. The number of hydrogen-bond donors (Lipinski definition) is 1. The first kappa shape index (κ1) is 19.9. The molecule has 4 rings (SSSR count). The first-order valence-corrected chi connectivity index (χ1v) is 10.6. The van der Waals surface area contributed by atoms with E-state index in [4.69, 9.17) is 9.84 Å². The molecule has 1 aromatic carbocycles. The number of amides is 2. The number of benzene rings is 1. The molecule has 0 aliphatic carbocycles. The van der Waals surface area contributed by atoms with Crippen LogP contribution >= 0.6 is 11.3 Å². The summed E-state index contributed by atoms with van der Waals surface area (Å²) in [7, 11) is 0. The normalized spacial score (nSPS) is 14.8. The molecule has 0 bridgehead atoms. The number of hydrogen-bond acceptors (Lipinski definition) is 5. The third-order valence-corrected chi connectivity index (χ3v) is 5.54. The van der Waals surface area contributed by atoms with Crippen LogP contribution in [0.25, 0.3) is 22.3 Å². The molecule has 1 fully saturated rings. The second kappa shape index (κ2) is 8.96. The van der Waals surface area contributed by atoms with Crippen molar-refractivity contribution in [3.8, 4) is 16.3 Å². The van der Waals surface area contributed by atoms with Gasteiger partial charge in [0.1, 0.15) is 12.3 Å². The van der Waals surface area contributed by atoms with E-state index in [9.17, 15) is 9.59 Å². The quantitative estimate of drug-likeness (QED) is 0.591. The van der Waals surface area contributed by atoms with E-state index in [2.05, 4.69) is 5.32 Å². The summed E-state index contributed by atoms with van der Waals surface area (Å²) >= 11 is 1.60. The molecule has 3 heterocycles. The van der Waals surface area contributed by atoms with Gasteiger partial charge in [-0.1, -0.05) is 24.3 Å². The van der Waals surface area contributed by atoms with Crippen LogP contribution in [0, 0.1) is 0 Å². The van der Waals surface area contributed by atoms with E-state index in [0.717, 1.165) is 21.8 Å². The van der Waals surface area contributed by atoms with Crippen molar-refractivity contribution in [2.24, 2.45) is 0 Å². The van der Waals surface area contributed by atoms with Gasteiger partial charge in [0, 0.05) is 30.4 Å². The standard InChI is InChI=1S/C22H22N4O3S/c1-16(14-25-11-12-29-22(25)28)23-20(27)10-9-17-15-26(18-6-3-2-4-7-18)24-21(17)19-8-5-13-30-19/h2-10,13,15-16H,11-12,14H2,1H3,(H,23,27). The lowest BCUT2D eigenvalue weighted by atomic mass is 10.2. The van der Waals surface area contributed by atoms with Gasteiger partial charge in [0.25, 0.3) is 0 Å². The number of nitrogens with zero attached hydrogens (tertiary/aromatic N) is 3. The van der Waals surface area contributed by atoms with Crippen LogP contribution in [0.15, 0.2) is 60.1 Å². The summed E-state index contributed by atoms with van der Waals surface area (Å²) in [5.74, 6) is -0.223.